The zero-order chi connectivity index (χ0) is 19.3. The number of carbonyl (C=O) groups is 3. The van der Waals surface area contributed by atoms with Crippen molar-refractivity contribution in [2.24, 2.45) is 11.8 Å². The highest BCUT2D eigenvalue weighted by Crippen LogP contribution is 2.41. The van der Waals surface area contributed by atoms with Crippen LogP contribution in [-0.4, -0.2) is 34.7 Å². The quantitative estimate of drug-likeness (QED) is 0.783. The van der Waals surface area contributed by atoms with E-state index in [0.29, 0.717) is 24.6 Å². The SMILES string of the molecule is O=C1CCC(N2Cc3cc(CN[C@H]4CC5CCC4CC5)ccc3C2=O)C(=O)N1. The molecule has 6 nitrogen and oxygen atoms in total. The smallest absolute Gasteiger partial charge is 0.255 e. The normalized spacial score (nSPS) is 31.9. The number of benzene rings is 1. The predicted octanol–water partition coefficient (Wildman–Crippen LogP) is 2.12. The fraction of sp³-hybridized carbons (Fsp3) is 0.591. The maximum absolute atomic E-state index is 12.8. The molecule has 5 aliphatic rings. The number of fused-ring (bicyclic) bond motifs is 4. The summed E-state index contributed by atoms with van der Waals surface area (Å²) in [6, 6.07) is 6.11. The maximum atomic E-state index is 12.8. The molecule has 6 heteroatoms. The molecule has 0 radical (unpaired) electrons. The van der Waals surface area contributed by atoms with Crippen LogP contribution in [0.2, 0.25) is 0 Å². The van der Waals surface area contributed by atoms with Crippen molar-refractivity contribution in [3.8, 4) is 0 Å². The van der Waals surface area contributed by atoms with Gasteiger partial charge in [0.05, 0.1) is 0 Å². The first-order valence-corrected chi connectivity index (χ1v) is 10.6. The van der Waals surface area contributed by atoms with Gasteiger partial charge in [0.25, 0.3) is 5.91 Å². The van der Waals surface area contributed by atoms with E-state index >= 15 is 0 Å². The highest BCUT2D eigenvalue weighted by Gasteiger charge is 2.39. The summed E-state index contributed by atoms with van der Waals surface area (Å²) in [6.45, 7) is 1.27. The lowest BCUT2D eigenvalue weighted by molar-refractivity contribution is -0.136. The van der Waals surface area contributed by atoms with Crippen LogP contribution < -0.4 is 10.6 Å². The van der Waals surface area contributed by atoms with Crippen LogP contribution >= 0.6 is 0 Å². The van der Waals surface area contributed by atoms with E-state index in [1.54, 1.807) is 4.90 Å². The Morgan fingerprint density at radius 3 is 2.61 bits per heavy atom. The highest BCUT2D eigenvalue weighted by atomic mass is 16.2. The summed E-state index contributed by atoms with van der Waals surface area (Å²) in [6.07, 6.45) is 7.53. The summed E-state index contributed by atoms with van der Waals surface area (Å²) in [5, 5.41) is 6.11. The Bertz CT molecular complexity index is 828. The van der Waals surface area contributed by atoms with Gasteiger partial charge in [-0.3, -0.25) is 19.7 Å². The second kappa shape index (κ2) is 6.99. The molecular formula is C22H27N3O3. The van der Waals surface area contributed by atoms with Gasteiger partial charge in [-0.1, -0.05) is 25.0 Å². The molecule has 3 saturated carbocycles. The number of rotatable bonds is 4. The first-order valence-electron chi connectivity index (χ1n) is 10.6. The number of nitrogens with one attached hydrogen (secondary N) is 2. The molecule has 3 aliphatic carbocycles. The maximum Gasteiger partial charge on any atom is 0.255 e. The van der Waals surface area contributed by atoms with Crippen molar-refractivity contribution in [3.63, 3.8) is 0 Å². The first-order chi connectivity index (χ1) is 13.6. The molecule has 2 bridgehead atoms. The molecule has 2 heterocycles. The van der Waals surface area contributed by atoms with E-state index in [1.807, 2.05) is 12.1 Å². The molecule has 1 saturated heterocycles. The van der Waals surface area contributed by atoms with Crippen molar-refractivity contribution < 1.29 is 14.4 Å². The first kappa shape index (κ1) is 17.9. The molecule has 4 fully saturated rings. The van der Waals surface area contributed by atoms with Crippen LogP contribution in [0.5, 0.6) is 0 Å². The molecule has 28 heavy (non-hydrogen) atoms. The molecule has 3 amide bonds. The van der Waals surface area contributed by atoms with E-state index in [4.69, 9.17) is 0 Å². The van der Waals surface area contributed by atoms with E-state index in [0.717, 1.165) is 23.9 Å². The molecular weight excluding hydrogens is 354 g/mol. The van der Waals surface area contributed by atoms with Gasteiger partial charge in [-0.2, -0.15) is 0 Å². The van der Waals surface area contributed by atoms with Crippen LogP contribution in [0, 0.1) is 11.8 Å². The summed E-state index contributed by atoms with van der Waals surface area (Å²) in [4.78, 5) is 37.9. The minimum absolute atomic E-state index is 0.103. The standard InChI is InChI=1S/C22H27N3O3/c26-20-8-7-19(21(27)24-20)25-12-16-9-14(3-6-17(16)22(25)28)11-23-18-10-13-1-4-15(18)5-2-13/h3,6,9,13,15,18-19,23H,1-2,4-5,7-8,10-12H2,(H,24,26,27)/t13?,15?,18-,19?/m0/s1. The van der Waals surface area contributed by atoms with Gasteiger partial charge in [0.15, 0.2) is 0 Å². The van der Waals surface area contributed by atoms with Crippen LogP contribution in [0.1, 0.15) is 66.4 Å². The number of hydrogen-bond donors (Lipinski definition) is 2. The molecule has 1 aromatic rings. The Labute approximate surface area is 165 Å². The van der Waals surface area contributed by atoms with Crippen LogP contribution in [-0.2, 0) is 22.7 Å². The topological polar surface area (TPSA) is 78.5 Å². The Morgan fingerprint density at radius 1 is 1.07 bits per heavy atom. The molecule has 1 unspecified atom stereocenters. The Balaban J connectivity index is 1.25. The lowest BCUT2D eigenvalue weighted by Gasteiger charge is -2.42. The van der Waals surface area contributed by atoms with Crippen molar-refractivity contribution in [1.29, 1.82) is 0 Å². The minimum Gasteiger partial charge on any atom is -0.322 e. The number of carbonyl (C=O) groups excluding carboxylic acids is 3. The summed E-state index contributed by atoms with van der Waals surface area (Å²) >= 11 is 0. The van der Waals surface area contributed by atoms with Gasteiger partial charge in [0.2, 0.25) is 11.8 Å². The lowest BCUT2D eigenvalue weighted by atomic mass is 9.68. The molecule has 2 atom stereocenters. The van der Waals surface area contributed by atoms with Crippen molar-refractivity contribution in [3.05, 3.63) is 34.9 Å². The largest absolute Gasteiger partial charge is 0.322 e. The average Bonchev–Trinajstić information content (AvgIpc) is 3.03. The number of imide groups is 1. The molecule has 1 aromatic carbocycles. The third kappa shape index (κ3) is 3.13. The number of nitrogens with zero attached hydrogens (tertiary/aromatic N) is 1. The summed E-state index contributed by atoms with van der Waals surface area (Å²) in [5.74, 6) is 1.02. The van der Waals surface area contributed by atoms with Crippen molar-refractivity contribution >= 4 is 17.7 Å². The zero-order valence-electron chi connectivity index (χ0n) is 16.1. The molecule has 0 aromatic heterocycles. The van der Waals surface area contributed by atoms with Gasteiger partial charge in [-0.15, -0.1) is 0 Å². The van der Waals surface area contributed by atoms with Crippen molar-refractivity contribution in [2.75, 3.05) is 0 Å². The third-order valence-corrected chi connectivity index (χ3v) is 7.20. The van der Waals surface area contributed by atoms with Crippen LogP contribution in [0.3, 0.4) is 0 Å². The Kier molecular flexibility index (Phi) is 4.46. The Hall–Kier alpha value is -2.21. The van der Waals surface area contributed by atoms with Gasteiger partial charge in [0, 0.05) is 31.1 Å². The molecule has 148 valence electrons. The van der Waals surface area contributed by atoms with E-state index in [9.17, 15) is 14.4 Å². The van der Waals surface area contributed by atoms with Gasteiger partial charge in [-0.05, 0) is 54.7 Å². The summed E-state index contributed by atoms with van der Waals surface area (Å²) < 4.78 is 0. The van der Waals surface area contributed by atoms with Gasteiger partial charge in [0.1, 0.15) is 6.04 Å². The number of hydrogen-bond acceptors (Lipinski definition) is 4. The second-order valence-corrected chi connectivity index (χ2v) is 8.90. The van der Waals surface area contributed by atoms with Gasteiger partial charge >= 0.3 is 0 Å². The van der Waals surface area contributed by atoms with Gasteiger partial charge < -0.3 is 10.2 Å². The highest BCUT2D eigenvalue weighted by molar-refractivity contribution is 6.05. The van der Waals surface area contributed by atoms with Gasteiger partial charge in [-0.25, -0.2) is 0 Å². The minimum atomic E-state index is -0.544. The van der Waals surface area contributed by atoms with E-state index < -0.39 is 6.04 Å². The fourth-order valence-electron chi connectivity index (χ4n) is 5.61. The molecule has 6 rings (SSSR count). The number of piperidine rings is 1. The summed E-state index contributed by atoms with van der Waals surface area (Å²) in [5.41, 5.74) is 2.86. The third-order valence-electron chi connectivity index (χ3n) is 7.20. The van der Waals surface area contributed by atoms with E-state index in [-0.39, 0.29) is 24.1 Å². The Morgan fingerprint density at radius 2 is 1.89 bits per heavy atom. The molecule has 2 aliphatic heterocycles. The summed E-state index contributed by atoms with van der Waals surface area (Å²) in [7, 11) is 0. The van der Waals surface area contributed by atoms with Crippen LogP contribution in [0.25, 0.3) is 0 Å². The van der Waals surface area contributed by atoms with E-state index in [2.05, 4.69) is 16.7 Å². The lowest BCUT2D eigenvalue weighted by Crippen LogP contribution is -2.52. The monoisotopic (exact) mass is 381 g/mol. The fourth-order valence-corrected chi connectivity index (χ4v) is 5.61. The van der Waals surface area contributed by atoms with Crippen LogP contribution in [0.4, 0.5) is 0 Å². The molecule has 2 N–H and O–H groups in total. The van der Waals surface area contributed by atoms with Crippen LogP contribution in [0.15, 0.2) is 18.2 Å². The second-order valence-electron chi connectivity index (χ2n) is 8.90. The zero-order valence-corrected chi connectivity index (χ0v) is 16.1. The molecule has 0 spiro atoms. The van der Waals surface area contributed by atoms with Crippen molar-refractivity contribution in [1.82, 2.24) is 15.5 Å². The number of amides is 3. The van der Waals surface area contributed by atoms with E-state index in [1.165, 1.54) is 37.7 Å². The van der Waals surface area contributed by atoms with Crippen molar-refractivity contribution in [2.45, 2.75) is 70.1 Å². The average molecular weight is 381 g/mol. The predicted molar refractivity (Wildman–Crippen MR) is 103 cm³/mol.